The zero-order valence-electron chi connectivity index (χ0n) is 15.1. The van der Waals surface area contributed by atoms with Gasteiger partial charge in [-0.1, -0.05) is 24.3 Å². The molecule has 0 aliphatic carbocycles. The second-order valence-corrected chi connectivity index (χ2v) is 7.13. The Morgan fingerprint density at radius 1 is 1.19 bits per heavy atom. The van der Waals surface area contributed by atoms with Crippen LogP contribution in [0, 0.1) is 16.7 Å². The summed E-state index contributed by atoms with van der Waals surface area (Å²) in [4.78, 5) is 27.7. The van der Waals surface area contributed by atoms with Crippen LogP contribution in [-0.4, -0.2) is 17.9 Å². The van der Waals surface area contributed by atoms with E-state index in [9.17, 15) is 9.59 Å². The first-order valence-corrected chi connectivity index (χ1v) is 8.58. The molecular formula is C21H21N3O2. The van der Waals surface area contributed by atoms with Crippen LogP contribution in [0.15, 0.2) is 48.5 Å². The van der Waals surface area contributed by atoms with Crippen molar-refractivity contribution in [2.45, 2.75) is 33.2 Å². The Morgan fingerprint density at radius 3 is 2.65 bits per heavy atom. The quantitative estimate of drug-likeness (QED) is 0.864. The van der Waals surface area contributed by atoms with Gasteiger partial charge < -0.3 is 10.2 Å². The second kappa shape index (κ2) is 6.64. The van der Waals surface area contributed by atoms with Gasteiger partial charge in [0.05, 0.1) is 11.6 Å². The SMILES string of the molecule is CC1Cc2ccccc2N1C(=O)C(C)(C)C(=O)Nc1cccc(C#N)c1. The molecule has 2 amide bonds. The maximum atomic E-state index is 13.2. The Balaban J connectivity index is 1.84. The fraction of sp³-hybridized carbons (Fsp3) is 0.286. The highest BCUT2D eigenvalue weighted by Gasteiger charge is 2.43. The number of carbonyl (C=O) groups is 2. The number of hydrogen-bond acceptors (Lipinski definition) is 3. The second-order valence-electron chi connectivity index (χ2n) is 7.13. The van der Waals surface area contributed by atoms with Crippen LogP contribution >= 0.6 is 0 Å². The van der Waals surface area contributed by atoms with E-state index >= 15 is 0 Å². The van der Waals surface area contributed by atoms with E-state index in [1.807, 2.05) is 37.3 Å². The number of benzene rings is 2. The Bertz CT molecular complexity index is 911. The molecule has 1 N–H and O–H groups in total. The van der Waals surface area contributed by atoms with E-state index in [0.717, 1.165) is 17.7 Å². The fourth-order valence-corrected chi connectivity index (χ4v) is 3.23. The Morgan fingerprint density at radius 2 is 1.92 bits per heavy atom. The third kappa shape index (κ3) is 3.06. The average Bonchev–Trinajstić information content (AvgIpc) is 2.96. The van der Waals surface area contributed by atoms with Gasteiger partial charge in [0, 0.05) is 17.4 Å². The highest BCUT2D eigenvalue weighted by atomic mass is 16.2. The molecule has 1 atom stereocenters. The molecule has 1 heterocycles. The van der Waals surface area contributed by atoms with Crippen molar-refractivity contribution in [3.05, 3.63) is 59.7 Å². The van der Waals surface area contributed by atoms with Crippen LogP contribution in [0.5, 0.6) is 0 Å². The minimum atomic E-state index is -1.24. The van der Waals surface area contributed by atoms with Gasteiger partial charge in [0.15, 0.2) is 0 Å². The summed E-state index contributed by atoms with van der Waals surface area (Å²) in [6, 6.07) is 16.5. The van der Waals surface area contributed by atoms with Gasteiger partial charge in [-0.2, -0.15) is 5.26 Å². The topological polar surface area (TPSA) is 73.2 Å². The number of hydrogen-bond donors (Lipinski definition) is 1. The van der Waals surface area contributed by atoms with Gasteiger partial charge >= 0.3 is 0 Å². The summed E-state index contributed by atoms with van der Waals surface area (Å²) in [7, 11) is 0. The Hall–Kier alpha value is -3.13. The van der Waals surface area contributed by atoms with Crippen LogP contribution in [0.2, 0.25) is 0 Å². The Labute approximate surface area is 153 Å². The molecule has 5 heteroatoms. The van der Waals surface area contributed by atoms with E-state index in [0.29, 0.717) is 11.3 Å². The highest BCUT2D eigenvalue weighted by Crippen LogP contribution is 2.35. The normalized spacial score (nSPS) is 15.9. The number of amides is 2. The number of nitrogens with one attached hydrogen (secondary N) is 1. The van der Waals surface area contributed by atoms with E-state index in [1.54, 1.807) is 43.0 Å². The number of nitriles is 1. The van der Waals surface area contributed by atoms with Crippen molar-refractivity contribution >= 4 is 23.2 Å². The molecule has 1 aliphatic heterocycles. The maximum absolute atomic E-state index is 13.2. The van der Waals surface area contributed by atoms with Gasteiger partial charge in [0.2, 0.25) is 11.8 Å². The molecule has 0 saturated carbocycles. The van der Waals surface area contributed by atoms with Crippen LogP contribution in [0.1, 0.15) is 31.9 Å². The molecule has 2 aromatic rings. The summed E-state index contributed by atoms with van der Waals surface area (Å²) >= 11 is 0. The lowest BCUT2D eigenvalue weighted by atomic mass is 9.89. The van der Waals surface area contributed by atoms with E-state index in [4.69, 9.17) is 5.26 Å². The number of anilines is 2. The molecule has 0 fully saturated rings. The first-order chi connectivity index (χ1) is 12.3. The van der Waals surface area contributed by atoms with Crippen molar-refractivity contribution in [1.82, 2.24) is 0 Å². The van der Waals surface area contributed by atoms with Gasteiger partial charge in [-0.15, -0.1) is 0 Å². The number of fused-ring (bicyclic) bond motifs is 1. The van der Waals surface area contributed by atoms with Gasteiger partial charge in [0.25, 0.3) is 0 Å². The summed E-state index contributed by atoms with van der Waals surface area (Å²) in [5.74, 6) is -0.627. The molecule has 26 heavy (non-hydrogen) atoms. The standard InChI is InChI=1S/C21H21N3O2/c1-14-11-16-8-4-5-10-18(16)24(14)20(26)21(2,3)19(25)23-17-9-6-7-15(12-17)13-22/h4-10,12,14H,11H2,1-3H3,(H,23,25). The van der Waals surface area contributed by atoms with Crippen LogP contribution in [-0.2, 0) is 16.0 Å². The first-order valence-electron chi connectivity index (χ1n) is 8.58. The van der Waals surface area contributed by atoms with Gasteiger partial charge in [-0.25, -0.2) is 0 Å². The van der Waals surface area contributed by atoms with Crippen molar-refractivity contribution < 1.29 is 9.59 Å². The maximum Gasteiger partial charge on any atom is 0.242 e. The Kier molecular flexibility index (Phi) is 4.52. The third-order valence-electron chi connectivity index (χ3n) is 4.78. The highest BCUT2D eigenvalue weighted by molar-refractivity contribution is 6.15. The van der Waals surface area contributed by atoms with Crippen LogP contribution < -0.4 is 10.2 Å². The minimum absolute atomic E-state index is 0.00823. The first kappa shape index (κ1) is 17.7. The number of nitrogens with zero attached hydrogens (tertiary/aromatic N) is 2. The molecule has 1 aliphatic rings. The van der Waals surface area contributed by atoms with Crippen LogP contribution in [0.4, 0.5) is 11.4 Å². The molecule has 5 nitrogen and oxygen atoms in total. The molecule has 1 unspecified atom stereocenters. The molecule has 0 aromatic heterocycles. The molecule has 0 radical (unpaired) electrons. The lowest BCUT2D eigenvalue weighted by Gasteiger charge is -2.31. The van der Waals surface area contributed by atoms with Crippen LogP contribution in [0.3, 0.4) is 0 Å². The summed E-state index contributed by atoms with van der Waals surface area (Å²) in [5.41, 5.74) is 1.71. The monoisotopic (exact) mass is 347 g/mol. The van der Waals surface area contributed by atoms with Crippen molar-refractivity contribution in [2.75, 3.05) is 10.2 Å². The number of carbonyl (C=O) groups excluding carboxylic acids is 2. The largest absolute Gasteiger partial charge is 0.325 e. The van der Waals surface area contributed by atoms with E-state index in [1.165, 1.54) is 0 Å². The lowest BCUT2D eigenvalue weighted by molar-refractivity contribution is -0.136. The van der Waals surface area contributed by atoms with E-state index in [-0.39, 0.29) is 11.9 Å². The molecule has 3 rings (SSSR count). The zero-order valence-corrected chi connectivity index (χ0v) is 15.1. The van der Waals surface area contributed by atoms with Gasteiger partial charge in [-0.05, 0) is 57.0 Å². The lowest BCUT2D eigenvalue weighted by Crippen LogP contribution is -2.49. The van der Waals surface area contributed by atoms with E-state index in [2.05, 4.69) is 5.32 Å². The van der Waals surface area contributed by atoms with Crippen LogP contribution in [0.25, 0.3) is 0 Å². The molecule has 132 valence electrons. The summed E-state index contributed by atoms with van der Waals surface area (Å²) < 4.78 is 0. The van der Waals surface area contributed by atoms with Crippen molar-refractivity contribution in [2.24, 2.45) is 5.41 Å². The molecular weight excluding hydrogens is 326 g/mol. The predicted molar refractivity (Wildman–Crippen MR) is 101 cm³/mol. The summed E-state index contributed by atoms with van der Waals surface area (Å²) in [6.45, 7) is 5.25. The van der Waals surface area contributed by atoms with Crippen molar-refractivity contribution in [1.29, 1.82) is 5.26 Å². The summed E-state index contributed by atoms with van der Waals surface area (Å²) in [6.07, 6.45) is 0.782. The fourth-order valence-electron chi connectivity index (χ4n) is 3.23. The van der Waals surface area contributed by atoms with Crippen molar-refractivity contribution in [3.8, 4) is 6.07 Å². The molecule has 2 aromatic carbocycles. The van der Waals surface area contributed by atoms with E-state index < -0.39 is 11.3 Å². The predicted octanol–water partition coefficient (Wildman–Crippen LogP) is 3.50. The summed E-state index contributed by atoms with van der Waals surface area (Å²) in [5, 5.41) is 11.7. The van der Waals surface area contributed by atoms with Crippen molar-refractivity contribution in [3.63, 3.8) is 0 Å². The number of rotatable bonds is 3. The smallest absolute Gasteiger partial charge is 0.242 e. The number of para-hydroxylation sites is 1. The third-order valence-corrected chi connectivity index (χ3v) is 4.78. The minimum Gasteiger partial charge on any atom is -0.325 e. The van der Waals surface area contributed by atoms with Gasteiger partial charge in [-0.3, -0.25) is 9.59 Å². The molecule has 0 saturated heterocycles. The molecule has 0 spiro atoms. The van der Waals surface area contributed by atoms with Gasteiger partial charge in [0.1, 0.15) is 5.41 Å². The zero-order chi connectivity index (χ0) is 18.9. The molecule has 0 bridgehead atoms. The average molecular weight is 347 g/mol.